The second kappa shape index (κ2) is 5.03. The number of rotatable bonds is 3. The van der Waals surface area contributed by atoms with E-state index in [1.54, 1.807) is 0 Å². The first-order chi connectivity index (χ1) is 7.50. The van der Waals surface area contributed by atoms with Crippen LogP contribution in [0.5, 0.6) is 5.75 Å². The molecule has 0 unspecified atom stereocenters. The number of phenolic OH excluding ortho intramolecular Hbond substituents is 1. The molecule has 1 aromatic rings. The van der Waals surface area contributed by atoms with Crippen molar-refractivity contribution < 1.29 is 10.0 Å². The molecule has 0 aliphatic carbocycles. The Labute approximate surface area is 95.7 Å². The van der Waals surface area contributed by atoms with Crippen molar-refractivity contribution in [3.63, 3.8) is 0 Å². The number of benzene rings is 1. The Morgan fingerprint density at radius 3 is 2.88 bits per heavy atom. The molecular formula is C8H8N4O3S. The van der Waals surface area contributed by atoms with Crippen LogP contribution in [-0.4, -0.2) is 21.4 Å². The number of nitro groups is 1. The summed E-state index contributed by atoms with van der Waals surface area (Å²) in [5.74, 6) is -0.248. The van der Waals surface area contributed by atoms with Gasteiger partial charge in [0, 0.05) is 11.6 Å². The molecular weight excluding hydrogens is 232 g/mol. The number of phenols is 1. The molecule has 16 heavy (non-hydrogen) atoms. The average Bonchev–Trinajstić information content (AvgIpc) is 2.19. The highest BCUT2D eigenvalue weighted by atomic mass is 32.1. The summed E-state index contributed by atoms with van der Waals surface area (Å²) >= 11 is 4.50. The molecule has 0 radical (unpaired) electrons. The van der Waals surface area contributed by atoms with Crippen LogP contribution in [0.25, 0.3) is 0 Å². The van der Waals surface area contributed by atoms with Crippen LogP contribution in [-0.2, 0) is 0 Å². The summed E-state index contributed by atoms with van der Waals surface area (Å²) in [5, 5.41) is 23.4. The lowest BCUT2D eigenvalue weighted by Crippen LogP contribution is -2.23. The highest BCUT2D eigenvalue weighted by molar-refractivity contribution is 7.80. The van der Waals surface area contributed by atoms with Gasteiger partial charge in [-0.15, -0.1) is 0 Å². The van der Waals surface area contributed by atoms with Crippen LogP contribution in [0.15, 0.2) is 23.3 Å². The van der Waals surface area contributed by atoms with Gasteiger partial charge in [-0.25, -0.2) is 0 Å². The van der Waals surface area contributed by atoms with E-state index in [9.17, 15) is 15.2 Å². The zero-order chi connectivity index (χ0) is 12.1. The first-order valence-electron chi connectivity index (χ1n) is 4.06. The van der Waals surface area contributed by atoms with E-state index in [1.165, 1.54) is 18.3 Å². The molecule has 7 nitrogen and oxygen atoms in total. The zero-order valence-electron chi connectivity index (χ0n) is 7.95. The van der Waals surface area contributed by atoms with Crippen molar-refractivity contribution >= 4 is 29.2 Å². The minimum atomic E-state index is -0.603. The van der Waals surface area contributed by atoms with Crippen molar-refractivity contribution in [1.29, 1.82) is 0 Å². The van der Waals surface area contributed by atoms with Crippen molar-refractivity contribution in [3.8, 4) is 5.75 Å². The van der Waals surface area contributed by atoms with E-state index in [0.29, 0.717) is 5.56 Å². The number of nitro benzene ring substituents is 1. The standard InChI is InChI=1S/C8H8N4O3S/c9-8(16)11-10-4-5-1-2-6(12(14)15)3-7(5)13/h1-4,13H,(H3,9,11,16)/b10-4+. The molecule has 0 amide bonds. The van der Waals surface area contributed by atoms with Crippen molar-refractivity contribution in [2.75, 3.05) is 0 Å². The third-order valence-corrected chi connectivity index (χ3v) is 1.69. The smallest absolute Gasteiger partial charge is 0.273 e. The first-order valence-corrected chi connectivity index (χ1v) is 4.47. The molecule has 8 heteroatoms. The van der Waals surface area contributed by atoms with E-state index in [2.05, 4.69) is 22.7 Å². The molecule has 1 aromatic carbocycles. The summed E-state index contributed by atoms with van der Waals surface area (Å²) in [6.07, 6.45) is 1.25. The summed E-state index contributed by atoms with van der Waals surface area (Å²) in [7, 11) is 0. The Hall–Kier alpha value is -2.22. The molecule has 0 atom stereocenters. The monoisotopic (exact) mass is 240 g/mol. The van der Waals surface area contributed by atoms with Gasteiger partial charge >= 0.3 is 0 Å². The van der Waals surface area contributed by atoms with Crippen molar-refractivity contribution in [2.24, 2.45) is 10.8 Å². The third-order valence-electron chi connectivity index (χ3n) is 1.60. The van der Waals surface area contributed by atoms with Crippen molar-refractivity contribution in [3.05, 3.63) is 33.9 Å². The average molecular weight is 240 g/mol. The van der Waals surface area contributed by atoms with Gasteiger partial charge in [0.25, 0.3) is 5.69 Å². The summed E-state index contributed by atoms with van der Waals surface area (Å²) in [4.78, 5) is 9.78. The maximum Gasteiger partial charge on any atom is 0.273 e. The molecule has 0 saturated heterocycles. The molecule has 0 bridgehead atoms. The van der Waals surface area contributed by atoms with E-state index < -0.39 is 4.92 Å². The van der Waals surface area contributed by atoms with E-state index in [1.807, 2.05) is 0 Å². The highest BCUT2D eigenvalue weighted by Crippen LogP contribution is 2.21. The molecule has 0 spiro atoms. The molecule has 0 heterocycles. The van der Waals surface area contributed by atoms with Crippen LogP contribution >= 0.6 is 12.2 Å². The fraction of sp³-hybridized carbons (Fsp3) is 0. The van der Waals surface area contributed by atoms with Gasteiger partial charge in [-0.05, 0) is 18.3 Å². The maximum absolute atomic E-state index is 10.4. The second-order valence-corrected chi connectivity index (χ2v) is 3.17. The normalized spacial score (nSPS) is 10.2. The second-order valence-electron chi connectivity index (χ2n) is 2.73. The van der Waals surface area contributed by atoms with Crippen molar-refractivity contribution in [2.45, 2.75) is 0 Å². The minimum Gasteiger partial charge on any atom is -0.507 e. The third kappa shape index (κ3) is 3.17. The van der Waals surface area contributed by atoms with Crippen LogP contribution in [0.3, 0.4) is 0 Å². The number of thiocarbonyl (C=S) groups is 1. The highest BCUT2D eigenvalue weighted by Gasteiger charge is 2.08. The van der Waals surface area contributed by atoms with Gasteiger partial charge in [-0.1, -0.05) is 0 Å². The number of hydrogen-bond acceptors (Lipinski definition) is 5. The van der Waals surface area contributed by atoms with Crippen LogP contribution in [0.1, 0.15) is 5.56 Å². The summed E-state index contributed by atoms with van der Waals surface area (Å²) in [6, 6.07) is 3.64. The number of hydrogen-bond donors (Lipinski definition) is 3. The predicted octanol–water partition coefficient (Wildman–Crippen LogP) is 0.468. The maximum atomic E-state index is 10.4. The van der Waals surface area contributed by atoms with Gasteiger partial charge in [0.05, 0.1) is 17.2 Å². The zero-order valence-corrected chi connectivity index (χ0v) is 8.77. The van der Waals surface area contributed by atoms with Gasteiger partial charge in [0.1, 0.15) is 5.75 Å². The van der Waals surface area contributed by atoms with Gasteiger partial charge in [0.15, 0.2) is 5.11 Å². The Bertz CT molecular complexity index is 461. The van der Waals surface area contributed by atoms with E-state index in [4.69, 9.17) is 5.73 Å². The largest absolute Gasteiger partial charge is 0.507 e. The number of hydrazone groups is 1. The Morgan fingerprint density at radius 1 is 1.69 bits per heavy atom. The number of nitrogens with one attached hydrogen (secondary N) is 1. The van der Waals surface area contributed by atoms with Crippen LogP contribution < -0.4 is 11.2 Å². The molecule has 1 rings (SSSR count). The molecule has 0 aromatic heterocycles. The lowest BCUT2D eigenvalue weighted by Gasteiger charge is -1.98. The number of non-ortho nitro benzene ring substituents is 1. The Balaban J connectivity index is 2.87. The van der Waals surface area contributed by atoms with E-state index >= 15 is 0 Å². The lowest BCUT2D eigenvalue weighted by molar-refractivity contribution is -0.384. The quantitative estimate of drug-likeness (QED) is 0.306. The topological polar surface area (TPSA) is 114 Å². The van der Waals surface area contributed by atoms with Crippen molar-refractivity contribution in [1.82, 2.24) is 5.43 Å². The van der Waals surface area contributed by atoms with Gasteiger partial charge in [-0.2, -0.15) is 5.10 Å². The first kappa shape index (κ1) is 11.9. The van der Waals surface area contributed by atoms with Gasteiger partial charge < -0.3 is 10.8 Å². The summed E-state index contributed by atoms with van der Waals surface area (Å²) in [5.41, 5.74) is 7.52. The van der Waals surface area contributed by atoms with Crippen LogP contribution in [0.4, 0.5) is 5.69 Å². The molecule has 0 aliphatic rings. The molecule has 0 saturated carbocycles. The number of nitrogens with zero attached hydrogens (tertiary/aromatic N) is 2. The van der Waals surface area contributed by atoms with E-state index in [0.717, 1.165) is 6.07 Å². The predicted molar refractivity (Wildman–Crippen MR) is 62.3 cm³/mol. The fourth-order valence-electron chi connectivity index (χ4n) is 0.920. The van der Waals surface area contributed by atoms with Gasteiger partial charge in [0.2, 0.25) is 0 Å². The summed E-state index contributed by atoms with van der Waals surface area (Å²) < 4.78 is 0. The van der Waals surface area contributed by atoms with Crippen LogP contribution in [0, 0.1) is 10.1 Å². The molecule has 84 valence electrons. The number of nitrogens with two attached hydrogens (primary N) is 1. The van der Waals surface area contributed by atoms with E-state index in [-0.39, 0.29) is 16.5 Å². The fourth-order valence-corrected chi connectivity index (χ4v) is 0.973. The van der Waals surface area contributed by atoms with Gasteiger partial charge in [-0.3, -0.25) is 15.5 Å². The molecule has 4 N–H and O–H groups in total. The Morgan fingerprint density at radius 2 is 2.38 bits per heavy atom. The number of aromatic hydroxyl groups is 1. The van der Waals surface area contributed by atoms with Crippen LogP contribution in [0.2, 0.25) is 0 Å². The lowest BCUT2D eigenvalue weighted by atomic mass is 10.2. The molecule has 0 aliphatic heterocycles. The molecule has 0 fully saturated rings. The summed E-state index contributed by atoms with van der Waals surface area (Å²) in [6.45, 7) is 0. The Kier molecular flexibility index (Phi) is 3.72. The SMILES string of the molecule is NC(=S)N/N=C/c1ccc([N+](=O)[O-])cc1O. The minimum absolute atomic E-state index is 0.0161.